The first-order valence-corrected chi connectivity index (χ1v) is 13.4. The summed E-state index contributed by atoms with van der Waals surface area (Å²) in [5, 5.41) is 3.69. The second kappa shape index (κ2) is 10.4. The van der Waals surface area contributed by atoms with E-state index in [0.29, 0.717) is 18.4 Å². The van der Waals surface area contributed by atoms with Crippen LogP contribution in [0, 0.1) is 18.8 Å². The Labute approximate surface area is 221 Å². The van der Waals surface area contributed by atoms with Gasteiger partial charge in [0.05, 0.1) is 5.70 Å². The van der Waals surface area contributed by atoms with Crippen LogP contribution in [-0.4, -0.2) is 23.6 Å². The van der Waals surface area contributed by atoms with Crippen molar-refractivity contribution in [2.75, 3.05) is 11.9 Å². The number of allylic oxidation sites excluding steroid dienone is 1. The molecule has 2 aliphatic heterocycles. The zero-order valence-corrected chi connectivity index (χ0v) is 22.6. The van der Waals surface area contributed by atoms with Crippen molar-refractivity contribution in [3.8, 4) is 0 Å². The van der Waals surface area contributed by atoms with Crippen LogP contribution in [0.2, 0.25) is 0 Å². The van der Waals surface area contributed by atoms with E-state index in [0.717, 1.165) is 30.0 Å². The van der Waals surface area contributed by atoms with Gasteiger partial charge in [0.25, 0.3) is 0 Å². The van der Waals surface area contributed by atoms with E-state index in [9.17, 15) is 4.79 Å². The number of aryl methyl sites for hydroxylation is 1. The third-order valence-corrected chi connectivity index (χ3v) is 7.99. The zero-order chi connectivity index (χ0) is 26.1. The molecular weight excluding hydrogens is 454 g/mol. The zero-order valence-electron chi connectivity index (χ0n) is 22.6. The SMILES string of the molecule is CC1=C(c2cc(Nc3cccc4c3CCN(C(=O)C(C)C)C4)ccc2C)N=CC(c2ccccc2)C1C. The molecule has 2 atom stereocenters. The Morgan fingerprint density at radius 2 is 1.81 bits per heavy atom. The highest BCUT2D eigenvalue weighted by molar-refractivity contribution is 5.85. The Hall–Kier alpha value is -3.66. The Balaban J connectivity index is 1.41. The number of aliphatic imine (C=N–C) groups is 1. The molecule has 37 heavy (non-hydrogen) atoms. The summed E-state index contributed by atoms with van der Waals surface area (Å²) < 4.78 is 0. The highest BCUT2D eigenvalue weighted by atomic mass is 16.2. The summed E-state index contributed by atoms with van der Waals surface area (Å²) in [5.74, 6) is 0.931. The lowest BCUT2D eigenvalue weighted by atomic mass is 9.80. The fourth-order valence-corrected chi connectivity index (χ4v) is 5.59. The van der Waals surface area contributed by atoms with Gasteiger partial charge in [0.1, 0.15) is 0 Å². The van der Waals surface area contributed by atoms with E-state index in [4.69, 9.17) is 4.99 Å². The Morgan fingerprint density at radius 1 is 1.03 bits per heavy atom. The van der Waals surface area contributed by atoms with Gasteiger partial charge in [-0.25, -0.2) is 0 Å². The number of nitrogens with zero attached hydrogens (tertiary/aromatic N) is 2. The van der Waals surface area contributed by atoms with Gasteiger partial charge in [0.15, 0.2) is 0 Å². The number of carbonyl (C=O) groups excluding carboxylic acids is 1. The van der Waals surface area contributed by atoms with E-state index in [2.05, 4.69) is 99.0 Å². The van der Waals surface area contributed by atoms with Crippen LogP contribution in [0.15, 0.2) is 77.3 Å². The lowest BCUT2D eigenvalue weighted by Crippen LogP contribution is -2.38. The summed E-state index contributed by atoms with van der Waals surface area (Å²) in [6.45, 7) is 12.1. The van der Waals surface area contributed by atoms with Crippen LogP contribution in [0.4, 0.5) is 11.4 Å². The Bertz CT molecular complexity index is 1370. The fourth-order valence-electron chi connectivity index (χ4n) is 5.59. The van der Waals surface area contributed by atoms with Gasteiger partial charge in [-0.05, 0) is 72.2 Å². The van der Waals surface area contributed by atoms with Crippen LogP contribution < -0.4 is 5.32 Å². The summed E-state index contributed by atoms with van der Waals surface area (Å²) in [7, 11) is 0. The molecule has 190 valence electrons. The lowest BCUT2D eigenvalue weighted by molar-refractivity contribution is -0.135. The molecule has 0 saturated carbocycles. The minimum atomic E-state index is 0.0275. The molecule has 4 nitrogen and oxygen atoms in total. The molecule has 1 amide bonds. The number of benzene rings is 3. The number of hydrogen-bond acceptors (Lipinski definition) is 3. The van der Waals surface area contributed by atoms with Gasteiger partial charge in [-0.2, -0.15) is 0 Å². The first-order chi connectivity index (χ1) is 17.8. The molecule has 5 rings (SSSR count). The van der Waals surface area contributed by atoms with Crippen LogP contribution in [0.3, 0.4) is 0 Å². The first kappa shape index (κ1) is 25.0. The highest BCUT2D eigenvalue weighted by Gasteiger charge is 2.27. The van der Waals surface area contributed by atoms with E-state index in [-0.39, 0.29) is 11.8 Å². The van der Waals surface area contributed by atoms with Gasteiger partial charge in [0.2, 0.25) is 5.91 Å². The van der Waals surface area contributed by atoms with Gasteiger partial charge in [-0.15, -0.1) is 0 Å². The van der Waals surface area contributed by atoms with Crippen molar-refractivity contribution >= 4 is 29.2 Å². The van der Waals surface area contributed by atoms with E-state index in [1.54, 1.807) is 0 Å². The van der Waals surface area contributed by atoms with Gasteiger partial charge < -0.3 is 10.2 Å². The van der Waals surface area contributed by atoms with Crippen LogP contribution in [-0.2, 0) is 17.8 Å². The third kappa shape index (κ3) is 4.98. The first-order valence-electron chi connectivity index (χ1n) is 13.4. The van der Waals surface area contributed by atoms with Crippen LogP contribution in [0.1, 0.15) is 61.4 Å². The minimum Gasteiger partial charge on any atom is -0.355 e. The minimum absolute atomic E-state index is 0.0275. The molecule has 1 N–H and O–H groups in total. The molecule has 0 fully saturated rings. The summed E-state index contributed by atoms with van der Waals surface area (Å²) >= 11 is 0. The number of fused-ring (bicyclic) bond motifs is 1. The highest BCUT2D eigenvalue weighted by Crippen LogP contribution is 2.39. The number of carbonyl (C=O) groups is 1. The number of anilines is 2. The molecule has 2 heterocycles. The van der Waals surface area contributed by atoms with Crippen molar-refractivity contribution in [3.63, 3.8) is 0 Å². The van der Waals surface area contributed by atoms with Gasteiger partial charge in [-0.1, -0.05) is 69.3 Å². The molecule has 0 aromatic heterocycles. The van der Waals surface area contributed by atoms with Gasteiger partial charge in [0, 0.05) is 48.1 Å². The van der Waals surface area contributed by atoms with Crippen molar-refractivity contribution in [2.24, 2.45) is 16.8 Å². The molecule has 0 radical (unpaired) electrons. The van der Waals surface area contributed by atoms with Crippen LogP contribution >= 0.6 is 0 Å². The maximum absolute atomic E-state index is 12.5. The smallest absolute Gasteiger partial charge is 0.225 e. The standard InChI is InChI=1S/C33H37N3O/c1-21(2)33(37)36-17-16-28-26(20-36)12-9-13-31(28)35-27-15-14-22(3)29(18-27)32-24(5)23(4)30(19-34-32)25-10-7-6-8-11-25/h6-15,18-19,21,23,30,35H,16-17,20H2,1-5H3. The van der Waals surface area contributed by atoms with E-state index < -0.39 is 0 Å². The van der Waals surface area contributed by atoms with Crippen molar-refractivity contribution in [1.82, 2.24) is 4.90 Å². The van der Waals surface area contributed by atoms with Gasteiger partial charge >= 0.3 is 0 Å². The monoisotopic (exact) mass is 491 g/mol. The Kier molecular flexibility index (Phi) is 7.01. The number of hydrogen-bond donors (Lipinski definition) is 1. The molecule has 0 spiro atoms. The average Bonchev–Trinajstić information content (AvgIpc) is 2.91. The van der Waals surface area contributed by atoms with E-state index in [1.165, 1.54) is 33.4 Å². The molecule has 4 heteroatoms. The normalized spacial score (nSPS) is 19.2. The molecule has 3 aromatic carbocycles. The average molecular weight is 492 g/mol. The van der Waals surface area contributed by atoms with Crippen molar-refractivity contribution in [1.29, 1.82) is 0 Å². The second-order valence-electron chi connectivity index (χ2n) is 10.8. The number of rotatable bonds is 5. The van der Waals surface area contributed by atoms with Crippen LogP contribution in [0.25, 0.3) is 5.70 Å². The predicted octanol–water partition coefficient (Wildman–Crippen LogP) is 7.51. The summed E-state index contributed by atoms with van der Waals surface area (Å²) in [6.07, 6.45) is 2.99. The van der Waals surface area contributed by atoms with Gasteiger partial charge in [-0.3, -0.25) is 9.79 Å². The summed E-state index contributed by atoms with van der Waals surface area (Å²) in [4.78, 5) is 19.5. The molecule has 0 aliphatic carbocycles. The van der Waals surface area contributed by atoms with Crippen LogP contribution in [0.5, 0.6) is 0 Å². The summed E-state index contributed by atoms with van der Waals surface area (Å²) in [6, 6.07) is 23.6. The molecule has 0 saturated heterocycles. The quantitative estimate of drug-likeness (QED) is 0.401. The lowest BCUT2D eigenvalue weighted by Gasteiger charge is -2.31. The maximum atomic E-state index is 12.5. The maximum Gasteiger partial charge on any atom is 0.225 e. The number of nitrogens with one attached hydrogen (secondary N) is 1. The molecule has 2 unspecified atom stereocenters. The second-order valence-corrected chi connectivity index (χ2v) is 10.8. The molecule has 3 aromatic rings. The van der Waals surface area contributed by atoms with Crippen molar-refractivity contribution < 1.29 is 4.79 Å². The Morgan fingerprint density at radius 3 is 2.57 bits per heavy atom. The number of amides is 1. The summed E-state index contributed by atoms with van der Waals surface area (Å²) in [5.41, 5.74) is 10.8. The predicted molar refractivity (Wildman–Crippen MR) is 154 cm³/mol. The molecular formula is C33H37N3O. The van der Waals surface area contributed by atoms with E-state index in [1.807, 2.05) is 18.7 Å². The largest absolute Gasteiger partial charge is 0.355 e. The molecule has 2 aliphatic rings. The van der Waals surface area contributed by atoms with E-state index >= 15 is 0 Å². The molecule has 0 bridgehead atoms. The van der Waals surface area contributed by atoms with Crippen molar-refractivity contribution in [2.45, 2.75) is 53.5 Å². The van der Waals surface area contributed by atoms with Crippen molar-refractivity contribution in [3.05, 3.63) is 100 Å². The fraction of sp³-hybridized carbons (Fsp3) is 0.333. The third-order valence-electron chi connectivity index (χ3n) is 7.99. The topological polar surface area (TPSA) is 44.7 Å².